The van der Waals surface area contributed by atoms with E-state index < -0.39 is 8.80 Å². The van der Waals surface area contributed by atoms with Crippen molar-refractivity contribution in [2.75, 3.05) is 0 Å². The van der Waals surface area contributed by atoms with Crippen LogP contribution in [0, 0.1) is 39.7 Å². The SMILES string of the molecule is CC1=[C-]C(C)C(C)=C1C.Cc1cc(C)cc([Si](C)c2cc(C)cc(C)c2)c1.[Cl-].[Cl-].[Cl-].[Ti+4]. The fourth-order valence-corrected chi connectivity index (χ4v) is 5.82. The van der Waals surface area contributed by atoms with Gasteiger partial charge in [-0.25, -0.2) is 5.57 Å². The molecule has 0 aliphatic heterocycles. The van der Waals surface area contributed by atoms with Gasteiger partial charge in [0.25, 0.3) is 0 Å². The summed E-state index contributed by atoms with van der Waals surface area (Å²) >= 11 is 0. The number of hydrogen-bond donors (Lipinski definition) is 0. The predicted molar refractivity (Wildman–Crippen MR) is 123 cm³/mol. The average Bonchev–Trinajstić information content (AvgIpc) is 2.79. The molecule has 0 heterocycles. The van der Waals surface area contributed by atoms with Gasteiger partial charge in [-0.2, -0.15) is 11.1 Å². The van der Waals surface area contributed by atoms with Gasteiger partial charge in [0.15, 0.2) is 0 Å². The van der Waals surface area contributed by atoms with Gasteiger partial charge in [0.2, 0.25) is 0 Å². The Kier molecular flexibility index (Phi) is 17.7. The van der Waals surface area contributed by atoms with Gasteiger partial charge in [0.05, 0.1) is 0 Å². The van der Waals surface area contributed by atoms with Gasteiger partial charge in [-0.15, -0.1) is 6.92 Å². The largest absolute Gasteiger partial charge is 4.00 e. The fourth-order valence-electron chi connectivity index (χ4n) is 3.71. The average molecular weight is 529 g/mol. The number of benzene rings is 2. The first kappa shape index (κ1) is 35.3. The fraction of sp³-hybridized carbons (Fsp3) is 0.385. The first-order valence-electron chi connectivity index (χ1n) is 9.87. The Morgan fingerprint density at radius 2 is 0.968 bits per heavy atom. The number of rotatable bonds is 2. The standard InChI is InChI=1S/C17H21Si.C9H13.3ClH.Ti/c1-12-6-13(2)9-16(8-12)18(5)17-10-14(3)7-15(4)11-17;1-6-5-7(2)9(4)8(6)3;;;;/h6-11H,1-5H3;6H,1-4H3;3*1H;/q;-1;;;;+4/p-3. The van der Waals surface area contributed by atoms with E-state index in [1.54, 1.807) is 0 Å². The minimum absolute atomic E-state index is 0. The molecule has 3 rings (SSSR count). The third kappa shape index (κ3) is 10.0. The number of halogens is 3. The van der Waals surface area contributed by atoms with Crippen LogP contribution in [0.25, 0.3) is 0 Å². The molecule has 1 radical (unpaired) electrons. The Hall–Kier alpha value is -0.279. The van der Waals surface area contributed by atoms with Gasteiger partial charge in [0, 0.05) is 0 Å². The molecule has 0 fully saturated rings. The summed E-state index contributed by atoms with van der Waals surface area (Å²) in [6.07, 6.45) is 3.36. The van der Waals surface area contributed by atoms with Crippen LogP contribution < -0.4 is 47.6 Å². The molecule has 0 nitrogen and oxygen atoms in total. The molecule has 0 N–H and O–H groups in total. The molecule has 31 heavy (non-hydrogen) atoms. The van der Waals surface area contributed by atoms with Crippen molar-refractivity contribution in [3.05, 3.63) is 81.4 Å². The summed E-state index contributed by atoms with van der Waals surface area (Å²) in [4.78, 5) is 0. The topological polar surface area (TPSA) is 0 Å². The Balaban J connectivity index is -0.000000524. The molecule has 0 saturated heterocycles. The van der Waals surface area contributed by atoms with Crippen LogP contribution in [0.15, 0.2) is 53.1 Å². The van der Waals surface area contributed by atoms with Crippen LogP contribution in [0.5, 0.6) is 0 Å². The van der Waals surface area contributed by atoms with Crippen molar-refractivity contribution >= 4 is 19.2 Å². The van der Waals surface area contributed by atoms with Crippen molar-refractivity contribution in [1.29, 1.82) is 0 Å². The summed E-state index contributed by atoms with van der Waals surface area (Å²) < 4.78 is 0. The molecule has 1 aliphatic rings. The van der Waals surface area contributed by atoms with E-state index in [9.17, 15) is 0 Å². The van der Waals surface area contributed by atoms with Crippen LogP contribution in [0.1, 0.15) is 49.9 Å². The smallest absolute Gasteiger partial charge is 1.00 e. The van der Waals surface area contributed by atoms with Gasteiger partial charge in [-0.1, -0.05) is 102 Å². The van der Waals surface area contributed by atoms with Crippen LogP contribution in [-0.4, -0.2) is 8.80 Å². The van der Waals surface area contributed by atoms with E-state index >= 15 is 0 Å². The molecule has 0 aromatic heterocycles. The van der Waals surface area contributed by atoms with Crippen molar-refractivity contribution in [1.82, 2.24) is 0 Å². The first-order valence-corrected chi connectivity index (χ1v) is 11.9. The summed E-state index contributed by atoms with van der Waals surface area (Å²) in [6.45, 7) is 19.8. The van der Waals surface area contributed by atoms with E-state index in [2.05, 4.69) is 104 Å². The Morgan fingerprint density at radius 3 is 1.16 bits per heavy atom. The summed E-state index contributed by atoms with van der Waals surface area (Å²) in [5.41, 5.74) is 9.74. The van der Waals surface area contributed by atoms with Gasteiger partial charge in [-0.3, -0.25) is 6.08 Å². The minimum Gasteiger partial charge on any atom is -1.00 e. The molecule has 0 amide bonds. The van der Waals surface area contributed by atoms with Crippen molar-refractivity contribution in [2.45, 2.75) is 61.9 Å². The molecular weight excluding hydrogens is 495 g/mol. The molecule has 0 spiro atoms. The Bertz CT molecular complexity index is 812. The van der Waals surface area contributed by atoms with Gasteiger partial charge >= 0.3 is 21.7 Å². The molecule has 2 aromatic carbocycles. The zero-order valence-corrected chi connectivity index (χ0v) is 25.0. The number of allylic oxidation sites excluding steroid dienone is 4. The van der Waals surface area contributed by atoms with Crippen LogP contribution >= 0.6 is 0 Å². The van der Waals surface area contributed by atoms with Gasteiger partial charge in [-0.05, 0) is 27.7 Å². The predicted octanol–water partition coefficient (Wildman–Crippen LogP) is -3.11. The summed E-state index contributed by atoms with van der Waals surface area (Å²) in [5, 5.41) is 3.03. The van der Waals surface area contributed by atoms with Crippen molar-refractivity contribution in [3.63, 3.8) is 0 Å². The van der Waals surface area contributed by atoms with E-state index in [0.717, 1.165) is 0 Å². The van der Waals surface area contributed by atoms with E-state index in [-0.39, 0.29) is 58.9 Å². The van der Waals surface area contributed by atoms with Gasteiger partial charge in [0.1, 0.15) is 8.80 Å². The van der Waals surface area contributed by atoms with Crippen LogP contribution in [0.3, 0.4) is 0 Å². The molecule has 1 unspecified atom stereocenters. The molecule has 0 saturated carbocycles. The second-order valence-electron chi connectivity index (χ2n) is 8.18. The molecule has 1 atom stereocenters. The van der Waals surface area contributed by atoms with Crippen LogP contribution in [0.4, 0.5) is 0 Å². The first-order chi connectivity index (χ1) is 12.6. The molecule has 2 aromatic rings. The minimum atomic E-state index is -0.633. The Morgan fingerprint density at radius 1 is 0.645 bits per heavy atom. The third-order valence-electron chi connectivity index (χ3n) is 5.55. The zero-order valence-electron chi connectivity index (χ0n) is 20.2. The molecule has 5 heteroatoms. The van der Waals surface area contributed by atoms with E-state index in [1.807, 2.05) is 0 Å². The summed E-state index contributed by atoms with van der Waals surface area (Å²) in [5.74, 6) is 0.560. The van der Waals surface area contributed by atoms with Crippen molar-refractivity contribution < 1.29 is 58.9 Å². The third-order valence-corrected chi connectivity index (χ3v) is 7.86. The zero-order chi connectivity index (χ0) is 20.3. The van der Waals surface area contributed by atoms with Crippen molar-refractivity contribution in [3.8, 4) is 0 Å². The number of hydrogen-bond acceptors (Lipinski definition) is 0. The van der Waals surface area contributed by atoms with Crippen LogP contribution in [0.2, 0.25) is 6.55 Å². The second kappa shape index (κ2) is 15.5. The molecular formula is C26H34Cl3SiTi. The summed E-state index contributed by atoms with van der Waals surface area (Å²) in [6, 6.07) is 13.9. The molecule has 167 valence electrons. The quantitative estimate of drug-likeness (QED) is 0.286. The monoisotopic (exact) mass is 527 g/mol. The maximum Gasteiger partial charge on any atom is 4.00 e. The maximum absolute atomic E-state index is 3.36. The van der Waals surface area contributed by atoms with Crippen LogP contribution in [-0.2, 0) is 21.7 Å². The number of aryl methyl sites for hydroxylation is 4. The molecule has 0 bridgehead atoms. The second-order valence-corrected chi connectivity index (χ2v) is 10.6. The summed E-state index contributed by atoms with van der Waals surface area (Å²) in [7, 11) is -0.633. The Labute approximate surface area is 226 Å². The van der Waals surface area contributed by atoms with E-state index in [4.69, 9.17) is 0 Å². The molecule has 1 aliphatic carbocycles. The maximum atomic E-state index is 3.36. The van der Waals surface area contributed by atoms with Crippen molar-refractivity contribution in [2.24, 2.45) is 5.92 Å². The van der Waals surface area contributed by atoms with E-state index in [1.165, 1.54) is 49.3 Å². The normalized spacial score (nSPS) is 14.3. The van der Waals surface area contributed by atoms with E-state index in [0.29, 0.717) is 5.92 Å². The van der Waals surface area contributed by atoms with Gasteiger partial charge < -0.3 is 37.2 Å².